The highest BCUT2D eigenvalue weighted by Gasteiger charge is 2.27. The number of aliphatic imine (C=N–C) groups is 1. The molecule has 15 rings (SSSR count). The number of rotatable bonds is 20. The standard InChI is InChI=1S/C26H25Cl2N5O2.C25H23Cl2N5O2.C24H21Cl2N5O2.C22H18Cl2N4O2/c1-16-13-20(28)14-21(26(35)31-22-10-9-19(27)15-30-22)23(16)32-25(34)18-7-5-17(6-8-18)24(29)33-11-3-2-4-12-33;1-15-12-19(27)13-20(25(34)30-21-9-8-18(26)14-29-21)22(15)31-24(33)17-6-4-16(5-7-17)23(28)32-10-2-3-11-32;1-14-11-18(26)12-19(24(33)29-20-8-7-17(25)13-28-20)21(14)30-23(32)16-5-3-15(4-6-16)22-27-9-10-31(22)2;1-12-9-17(24)10-18(22(30)27-19-8-7-16(23)11-26-19)20(12)28-21(29)15-5-3-14(4-6-15)13(2)25/h5-10,13-15,29H,2-4,11-12H2,1H3,(H,32,34)(H,30,31,35);4-9,12-14,28H,2-3,10-11H2,1H3,(H,31,33)(H,29,30,34);3-8,11-13H,9-10H2,1-2H3,(H,30,32)(H,28,29,33);3-11,25H,1-2H3,(H,28,29)(H,26,27,30). The fourth-order valence-corrected chi connectivity index (χ4v) is 15.6. The molecule has 674 valence electrons. The summed E-state index contributed by atoms with van der Waals surface area (Å²) in [6, 6.07) is 53.2. The van der Waals surface area contributed by atoms with E-state index in [2.05, 4.69) is 77.3 Å². The number of halogens is 8. The summed E-state index contributed by atoms with van der Waals surface area (Å²) in [5.41, 5.74) is 10.2. The SMILES string of the molecule is CC(=N)c1ccc(C(=O)Nc2c(C)cc(Cl)cc2C(=O)Nc2ccc(Cl)cn2)cc1.Cc1cc(Cl)cc(C(=O)Nc2ccc(Cl)cn2)c1NC(=O)c1ccc(C(=N)N2CCCC2)cc1.Cc1cc(Cl)cc(C(=O)Nc2ccc(Cl)cn2)c1NC(=O)c1ccc(C(=N)N2CCCCC2)cc1.Cc1cc(Cl)cc(C(=O)Nc2ccc(Cl)cn2)c1NC(=O)c1ccc(C2=NCCN2C)cc1. The molecule has 2 saturated heterocycles. The minimum atomic E-state index is -0.472. The molecule has 3 aliphatic rings. The monoisotopic (exact) mass is 1930 g/mol. The predicted octanol–water partition coefficient (Wildman–Crippen LogP) is 22.1. The van der Waals surface area contributed by atoms with E-state index in [9.17, 15) is 38.4 Å². The summed E-state index contributed by atoms with van der Waals surface area (Å²) in [6.45, 7) is 13.9. The molecule has 7 heterocycles. The summed E-state index contributed by atoms with van der Waals surface area (Å²) in [5.74, 6) is -0.194. The fourth-order valence-electron chi connectivity index (χ4n) is 14.1. The molecule has 0 aliphatic carbocycles. The van der Waals surface area contributed by atoms with Gasteiger partial charge < -0.3 is 62.6 Å². The van der Waals surface area contributed by atoms with Crippen molar-refractivity contribution >= 4 is 209 Å². The Bertz CT molecular complexity index is 6410. The Kier molecular flexibility index (Phi) is 33.5. The number of benzene rings is 8. The summed E-state index contributed by atoms with van der Waals surface area (Å²) >= 11 is 48.1. The van der Waals surface area contributed by atoms with Gasteiger partial charge in [-0.05, 0) is 240 Å². The number of amides is 8. The number of likely N-dealkylation sites (tertiary alicyclic amines) is 2. The molecule has 11 N–H and O–H groups in total. The quantitative estimate of drug-likeness (QED) is 0.0249. The number of carbonyl (C=O) groups excluding carboxylic acids is 8. The number of aryl methyl sites for hydroxylation is 4. The van der Waals surface area contributed by atoms with Crippen LogP contribution in [0, 0.1) is 43.9 Å². The lowest BCUT2D eigenvalue weighted by Gasteiger charge is -2.29. The van der Waals surface area contributed by atoms with Crippen LogP contribution in [0.15, 0.2) is 224 Å². The number of nitrogens with zero attached hydrogens (tertiary/aromatic N) is 8. The lowest BCUT2D eigenvalue weighted by Crippen LogP contribution is -2.35. The number of piperidine rings is 1. The Morgan fingerprint density at radius 1 is 0.295 bits per heavy atom. The lowest BCUT2D eigenvalue weighted by molar-refractivity contribution is 0.101. The largest absolute Gasteiger partial charge is 0.358 e. The molecule has 0 saturated carbocycles. The Morgan fingerprint density at radius 2 is 0.545 bits per heavy atom. The van der Waals surface area contributed by atoms with Gasteiger partial charge in [-0.3, -0.25) is 54.2 Å². The summed E-state index contributed by atoms with van der Waals surface area (Å²) in [4.78, 5) is 130. The molecule has 3 aliphatic heterocycles. The highest BCUT2D eigenvalue weighted by atomic mass is 35.5. The third-order valence-corrected chi connectivity index (χ3v) is 22.8. The maximum Gasteiger partial charge on any atom is 0.258 e. The van der Waals surface area contributed by atoms with E-state index in [1.807, 2.05) is 24.1 Å². The highest BCUT2D eigenvalue weighted by Crippen LogP contribution is 2.34. The number of anilines is 8. The van der Waals surface area contributed by atoms with Gasteiger partial charge >= 0.3 is 0 Å². The molecule has 132 heavy (non-hydrogen) atoms. The van der Waals surface area contributed by atoms with Crippen molar-refractivity contribution in [3.05, 3.63) is 348 Å². The first-order valence-electron chi connectivity index (χ1n) is 41.3. The average molecular weight is 1930 g/mol. The second-order valence-corrected chi connectivity index (χ2v) is 34.2. The molecule has 35 heteroatoms. The van der Waals surface area contributed by atoms with E-state index in [-0.39, 0.29) is 45.9 Å². The van der Waals surface area contributed by atoms with Crippen LogP contribution >= 0.6 is 92.8 Å². The maximum atomic E-state index is 13.0. The number of hydrogen-bond donors (Lipinski definition) is 11. The van der Waals surface area contributed by atoms with E-state index < -0.39 is 23.6 Å². The molecule has 8 aromatic carbocycles. The van der Waals surface area contributed by atoms with Crippen LogP contribution in [0.25, 0.3) is 0 Å². The third kappa shape index (κ3) is 26.2. The summed E-state index contributed by atoms with van der Waals surface area (Å²) < 4.78 is 0. The van der Waals surface area contributed by atoms with Crippen LogP contribution in [0.2, 0.25) is 40.2 Å². The number of amidine groups is 3. The molecular weight excluding hydrogens is 1840 g/mol. The van der Waals surface area contributed by atoms with Crippen molar-refractivity contribution < 1.29 is 38.4 Å². The van der Waals surface area contributed by atoms with Gasteiger partial charge in [0.15, 0.2) is 0 Å². The minimum Gasteiger partial charge on any atom is -0.358 e. The number of hydrogen-bond acceptors (Lipinski definition) is 17. The number of carbonyl (C=O) groups is 8. The van der Waals surface area contributed by atoms with Crippen molar-refractivity contribution in [1.82, 2.24) is 34.6 Å². The number of nitrogens with one attached hydrogen (secondary N) is 11. The molecule has 0 radical (unpaired) electrons. The van der Waals surface area contributed by atoms with Crippen LogP contribution in [0.3, 0.4) is 0 Å². The van der Waals surface area contributed by atoms with Gasteiger partial charge in [0.2, 0.25) is 0 Å². The fraction of sp³-hybridized carbons (Fsp3) is 0.175. The zero-order chi connectivity index (χ0) is 94.6. The van der Waals surface area contributed by atoms with Gasteiger partial charge in [0, 0.05) is 129 Å². The lowest BCUT2D eigenvalue weighted by atomic mass is 10.0. The molecule has 0 unspecified atom stereocenters. The molecule has 0 bridgehead atoms. The van der Waals surface area contributed by atoms with Crippen LogP contribution in [-0.2, 0) is 0 Å². The van der Waals surface area contributed by atoms with Crippen LogP contribution in [0.4, 0.5) is 46.0 Å². The van der Waals surface area contributed by atoms with Crippen LogP contribution < -0.4 is 42.5 Å². The van der Waals surface area contributed by atoms with E-state index in [1.165, 1.54) is 55.5 Å². The number of likely N-dealkylation sites (N-methyl/N-ethyl adjacent to an activating group) is 1. The third-order valence-electron chi connectivity index (χ3n) is 21.0. The predicted molar refractivity (Wildman–Crippen MR) is 528 cm³/mol. The average Bonchev–Trinajstić information content (AvgIpc) is 1.25. The van der Waals surface area contributed by atoms with Gasteiger partial charge in [0.25, 0.3) is 47.3 Å². The van der Waals surface area contributed by atoms with E-state index >= 15 is 0 Å². The molecule has 2 fully saturated rings. The molecule has 27 nitrogen and oxygen atoms in total. The van der Waals surface area contributed by atoms with Crippen molar-refractivity contribution in [2.75, 3.05) is 88.9 Å². The topological polar surface area (TPSA) is 378 Å². The molecule has 8 amide bonds. The first kappa shape index (κ1) is 97.6. The van der Waals surface area contributed by atoms with E-state index in [0.29, 0.717) is 148 Å². The zero-order valence-corrected chi connectivity index (χ0v) is 78.0. The van der Waals surface area contributed by atoms with Crippen molar-refractivity contribution in [2.45, 2.75) is 66.7 Å². The van der Waals surface area contributed by atoms with E-state index in [1.54, 1.807) is 192 Å². The van der Waals surface area contributed by atoms with Crippen LogP contribution in [-0.4, -0.2) is 151 Å². The van der Waals surface area contributed by atoms with Crippen molar-refractivity contribution in [2.24, 2.45) is 4.99 Å². The van der Waals surface area contributed by atoms with Crippen LogP contribution in [0.1, 0.15) is 166 Å². The molecular formula is C97H87Cl8N19O8. The van der Waals surface area contributed by atoms with Gasteiger partial charge in [-0.2, -0.15) is 0 Å². The van der Waals surface area contributed by atoms with Crippen molar-refractivity contribution in [3.8, 4) is 0 Å². The number of pyridine rings is 4. The number of aromatic nitrogens is 4. The van der Waals surface area contributed by atoms with Gasteiger partial charge in [0.1, 0.15) is 40.8 Å². The highest BCUT2D eigenvalue weighted by molar-refractivity contribution is 6.34. The molecule has 12 aromatic rings. The van der Waals surface area contributed by atoms with Crippen LogP contribution in [0.5, 0.6) is 0 Å². The smallest absolute Gasteiger partial charge is 0.258 e. The normalized spacial score (nSPS) is 12.5. The zero-order valence-electron chi connectivity index (χ0n) is 71.9. The Hall–Kier alpha value is -13.5. The Morgan fingerprint density at radius 3 is 0.788 bits per heavy atom. The molecule has 4 aromatic heterocycles. The van der Waals surface area contributed by atoms with Gasteiger partial charge in [-0.25, -0.2) is 19.9 Å². The summed E-state index contributed by atoms with van der Waals surface area (Å²) in [6.07, 6.45) is 11.3. The van der Waals surface area contributed by atoms with Gasteiger partial charge in [-0.1, -0.05) is 141 Å². The first-order chi connectivity index (χ1) is 63.2. The van der Waals surface area contributed by atoms with Gasteiger partial charge in [-0.15, -0.1) is 0 Å². The molecule has 0 atom stereocenters. The Labute approximate surface area is 801 Å². The van der Waals surface area contributed by atoms with E-state index in [4.69, 9.17) is 109 Å². The summed E-state index contributed by atoms with van der Waals surface area (Å²) in [5, 5.41) is 49.9. The second-order valence-electron chi connectivity index (χ2n) is 30.7. The first-order valence-corrected chi connectivity index (χ1v) is 44.3. The second kappa shape index (κ2) is 45.4. The summed E-state index contributed by atoms with van der Waals surface area (Å²) in [7, 11) is 1.99. The van der Waals surface area contributed by atoms with Crippen molar-refractivity contribution in [3.63, 3.8) is 0 Å². The maximum absolute atomic E-state index is 13.0. The minimum absolute atomic E-state index is 0.206. The Balaban J connectivity index is 0.000000159. The van der Waals surface area contributed by atoms with Crippen molar-refractivity contribution in [1.29, 1.82) is 16.2 Å². The molecule has 0 spiro atoms. The van der Waals surface area contributed by atoms with Gasteiger partial charge in [0.05, 0.1) is 71.6 Å². The van der Waals surface area contributed by atoms with E-state index in [0.717, 1.165) is 93.0 Å².